The number of benzene rings is 1. The normalized spacial score (nSPS) is 12.3. The number of anilines is 1. The molecule has 6 nitrogen and oxygen atoms in total. The molecule has 0 aliphatic carbocycles. The van der Waals surface area contributed by atoms with E-state index < -0.39 is 11.9 Å². The molecule has 1 aromatic carbocycles. The number of alkyl halides is 3. The number of para-hydroxylation sites is 1. The maximum Gasteiger partial charge on any atom is 0.434 e. The number of pyridine rings is 1. The zero-order valence-electron chi connectivity index (χ0n) is 16.2. The summed E-state index contributed by atoms with van der Waals surface area (Å²) in [4.78, 5) is 14.3. The summed E-state index contributed by atoms with van der Waals surface area (Å²) in [6, 6.07) is 9.86. The molecule has 0 aliphatic rings. The van der Waals surface area contributed by atoms with Crippen LogP contribution in [0, 0.1) is 0 Å². The largest absolute Gasteiger partial charge is 0.434 e. The monoisotopic (exact) mass is 422 g/mol. The summed E-state index contributed by atoms with van der Waals surface area (Å²) in [5, 5.41) is 8.57. The molecule has 29 heavy (non-hydrogen) atoms. The number of halogens is 3. The lowest BCUT2D eigenvalue weighted by Gasteiger charge is -2.16. The zero-order valence-corrected chi connectivity index (χ0v) is 17.0. The molecular weight excluding hydrogens is 401 g/mol. The Bertz CT molecular complexity index is 1010. The van der Waals surface area contributed by atoms with Crippen molar-refractivity contribution in [3.05, 3.63) is 52.0 Å². The number of nitrogens with one attached hydrogen (secondary N) is 2. The van der Waals surface area contributed by atoms with Crippen molar-refractivity contribution in [1.82, 2.24) is 20.6 Å². The van der Waals surface area contributed by atoms with Gasteiger partial charge in [-0.15, -0.1) is 11.3 Å². The van der Waals surface area contributed by atoms with Gasteiger partial charge in [-0.05, 0) is 17.7 Å². The summed E-state index contributed by atoms with van der Waals surface area (Å²) in [5.74, 6) is 1.31. The van der Waals surface area contributed by atoms with Gasteiger partial charge in [0.15, 0.2) is 11.7 Å². The van der Waals surface area contributed by atoms with Gasteiger partial charge in [0.1, 0.15) is 10.8 Å². The van der Waals surface area contributed by atoms with E-state index in [1.54, 1.807) is 7.05 Å². The third kappa shape index (κ3) is 5.14. The summed E-state index contributed by atoms with van der Waals surface area (Å²) < 4.78 is 38.0. The molecule has 154 valence electrons. The minimum atomic E-state index is -4.43. The summed E-state index contributed by atoms with van der Waals surface area (Å²) in [5.41, 5.74) is 1.05. The predicted octanol–water partition coefficient (Wildman–Crippen LogP) is 3.64. The Morgan fingerprint density at radius 2 is 1.86 bits per heavy atom. The fourth-order valence-electron chi connectivity index (χ4n) is 2.69. The van der Waals surface area contributed by atoms with Crippen LogP contribution in [-0.2, 0) is 19.3 Å². The number of nitrogens with zero attached hydrogens (tertiary/aromatic N) is 4. The molecule has 0 saturated carbocycles. The van der Waals surface area contributed by atoms with Gasteiger partial charge < -0.3 is 15.5 Å². The minimum absolute atomic E-state index is 0.153. The van der Waals surface area contributed by atoms with Gasteiger partial charge in [-0.2, -0.15) is 13.2 Å². The topological polar surface area (TPSA) is 65.4 Å². The Hall–Kier alpha value is -2.88. The van der Waals surface area contributed by atoms with Crippen molar-refractivity contribution < 1.29 is 13.2 Å². The third-order valence-electron chi connectivity index (χ3n) is 4.17. The highest BCUT2D eigenvalue weighted by molar-refractivity contribution is 7.09. The first-order valence-electron chi connectivity index (χ1n) is 8.80. The molecular formula is C19H21F3N6S. The van der Waals surface area contributed by atoms with Crippen molar-refractivity contribution in [2.24, 2.45) is 4.99 Å². The van der Waals surface area contributed by atoms with Crippen molar-refractivity contribution >= 4 is 34.0 Å². The number of hydrogen-bond acceptors (Lipinski definition) is 5. The van der Waals surface area contributed by atoms with Crippen LogP contribution in [0.25, 0.3) is 10.9 Å². The van der Waals surface area contributed by atoms with Crippen LogP contribution in [-0.4, -0.2) is 37.1 Å². The molecule has 3 aromatic rings. The van der Waals surface area contributed by atoms with Gasteiger partial charge >= 0.3 is 6.18 Å². The molecule has 0 fully saturated rings. The Morgan fingerprint density at radius 3 is 2.52 bits per heavy atom. The van der Waals surface area contributed by atoms with E-state index in [0.29, 0.717) is 17.5 Å². The maximum absolute atomic E-state index is 12.7. The number of hydrogen-bond donors (Lipinski definition) is 2. The number of guanidine groups is 1. The second-order valence-electron chi connectivity index (χ2n) is 6.45. The van der Waals surface area contributed by atoms with Gasteiger partial charge in [-0.1, -0.05) is 18.2 Å². The number of aliphatic imine (C=N–C) groups is 1. The predicted molar refractivity (Wildman–Crippen MR) is 110 cm³/mol. The van der Waals surface area contributed by atoms with Gasteiger partial charge in [-0.3, -0.25) is 4.99 Å². The quantitative estimate of drug-likeness (QED) is 0.486. The van der Waals surface area contributed by atoms with E-state index in [0.717, 1.165) is 39.0 Å². The SMILES string of the molecule is CN=C(NCc1nc(C(F)(F)F)cs1)NCc1cc(N(C)C)nc2ccccc12. The highest BCUT2D eigenvalue weighted by Gasteiger charge is 2.33. The van der Waals surface area contributed by atoms with Gasteiger partial charge in [0.25, 0.3) is 0 Å². The molecule has 0 radical (unpaired) electrons. The molecule has 0 amide bonds. The summed E-state index contributed by atoms with van der Waals surface area (Å²) in [7, 11) is 5.46. The first-order valence-corrected chi connectivity index (χ1v) is 9.68. The minimum Gasteiger partial charge on any atom is -0.363 e. The number of rotatable bonds is 5. The second-order valence-corrected chi connectivity index (χ2v) is 7.40. The average Bonchev–Trinajstić information content (AvgIpc) is 3.17. The first kappa shape index (κ1) is 20.8. The van der Waals surface area contributed by atoms with Gasteiger partial charge in [0, 0.05) is 38.5 Å². The lowest BCUT2D eigenvalue weighted by atomic mass is 10.1. The number of thiazole rings is 1. The van der Waals surface area contributed by atoms with Crippen molar-refractivity contribution in [1.29, 1.82) is 0 Å². The fraction of sp³-hybridized carbons (Fsp3) is 0.316. The molecule has 10 heteroatoms. The van der Waals surface area contributed by atoms with Crippen LogP contribution in [0.5, 0.6) is 0 Å². The summed E-state index contributed by atoms with van der Waals surface area (Å²) >= 11 is 0.960. The van der Waals surface area contributed by atoms with E-state index in [1.165, 1.54) is 0 Å². The lowest BCUT2D eigenvalue weighted by molar-refractivity contribution is -0.140. The lowest BCUT2D eigenvalue weighted by Crippen LogP contribution is -2.36. The van der Waals surface area contributed by atoms with Crippen LogP contribution in [0.2, 0.25) is 0 Å². The smallest absolute Gasteiger partial charge is 0.363 e. The fourth-order valence-corrected chi connectivity index (χ4v) is 3.43. The van der Waals surface area contributed by atoms with Crippen molar-refractivity contribution in [3.63, 3.8) is 0 Å². The molecule has 2 heterocycles. The average molecular weight is 422 g/mol. The van der Waals surface area contributed by atoms with Crippen LogP contribution in [0.1, 0.15) is 16.3 Å². The first-order chi connectivity index (χ1) is 13.8. The van der Waals surface area contributed by atoms with Crippen LogP contribution in [0.15, 0.2) is 40.7 Å². The molecule has 0 aliphatic heterocycles. The maximum atomic E-state index is 12.7. The second kappa shape index (κ2) is 8.64. The Balaban J connectivity index is 1.69. The van der Waals surface area contributed by atoms with E-state index in [2.05, 4.69) is 25.6 Å². The Morgan fingerprint density at radius 1 is 1.14 bits per heavy atom. The van der Waals surface area contributed by atoms with Crippen molar-refractivity contribution in [3.8, 4) is 0 Å². The standard InChI is InChI=1S/C19H21F3N6S/c1-23-18(25-10-17-27-15(11-29-17)19(20,21)22)24-9-12-8-16(28(2)3)26-14-7-5-4-6-13(12)14/h4-8,11H,9-10H2,1-3H3,(H2,23,24,25). The molecule has 2 aromatic heterocycles. The van der Waals surface area contributed by atoms with Crippen LogP contribution in [0.3, 0.4) is 0 Å². The van der Waals surface area contributed by atoms with E-state index in [9.17, 15) is 13.2 Å². The molecule has 0 saturated heterocycles. The van der Waals surface area contributed by atoms with Gasteiger partial charge in [0.05, 0.1) is 12.1 Å². The van der Waals surface area contributed by atoms with Gasteiger partial charge in [-0.25, -0.2) is 9.97 Å². The Kier molecular flexibility index (Phi) is 6.21. The number of aromatic nitrogens is 2. The summed E-state index contributed by atoms with van der Waals surface area (Å²) in [6.07, 6.45) is -4.43. The van der Waals surface area contributed by atoms with Crippen molar-refractivity contribution in [2.75, 3.05) is 26.0 Å². The van der Waals surface area contributed by atoms with E-state index in [-0.39, 0.29) is 6.54 Å². The van der Waals surface area contributed by atoms with Crippen LogP contribution < -0.4 is 15.5 Å². The molecule has 0 spiro atoms. The molecule has 0 unspecified atom stereocenters. The van der Waals surface area contributed by atoms with Crippen molar-refractivity contribution in [2.45, 2.75) is 19.3 Å². The van der Waals surface area contributed by atoms with Crippen LogP contribution >= 0.6 is 11.3 Å². The van der Waals surface area contributed by atoms with E-state index in [4.69, 9.17) is 0 Å². The summed E-state index contributed by atoms with van der Waals surface area (Å²) in [6.45, 7) is 0.635. The number of fused-ring (bicyclic) bond motifs is 1. The molecule has 0 atom stereocenters. The highest BCUT2D eigenvalue weighted by atomic mass is 32.1. The Labute approximate surface area is 170 Å². The van der Waals surface area contributed by atoms with Crippen LogP contribution in [0.4, 0.5) is 19.0 Å². The third-order valence-corrected chi connectivity index (χ3v) is 5.01. The molecule has 0 bridgehead atoms. The highest BCUT2D eigenvalue weighted by Crippen LogP contribution is 2.30. The van der Waals surface area contributed by atoms with E-state index in [1.807, 2.05) is 49.3 Å². The van der Waals surface area contributed by atoms with E-state index >= 15 is 0 Å². The van der Waals surface area contributed by atoms with Gasteiger partial charge in [0.2, 0.25) is 0 Å². The molecule has 2 N–H and O–H groups in total. The molecule has 3 rings (SSSR count). The zero-order chi connectivity index (χ0) is 21.0.